The van der Waals surface area contributed by atoms with E-state index in [4.69, 9.17) is 0 Å². The van der Waals surface area contributed by atoms with Crippen molar-refractivity contribution in [2.75, 3.05) is 35.8 Å². The molecule has 34 heavy (non-hydrogen) atoms. The summed E-state index contributed by atoms with van der Waals surface area (Å²) in [5.74, 6) is -0.201. The minimum absolute atomic E-state index is 0.0471. The maximum atomic E-state index is 14.0. The monoisotopic (exact) mass is 481 g/mol. The van der Waals surface area contributed by atoms with Crippen LogP contribution in [0.4, 0.5) is 15.8 Å². The third-order valence-corrected chi connectivity index (χ3v) is 7.39. The molecule has 0 radical (unpaired) electrons. The fourth-order valence-electron chi connectivity index (χ4n) is 3.99. The highest BCUT2D eigenvalue weighted by atomic mass is 32.2. The zero-order valence-electron chi connectivity index (χ0n) is 19.1. The van der Waals surface area contributed by atoms with Gasteiger partial charge in [-0.3, -0.25) is 9.52 Å². The van der Waals surface area contributed by atoms with Crippen molar-refractivity contribution in [3.05, 3.63) is 89.7 Å². The van der Waals surface area contributed by atoms with Gasteiger partial charge in [-0.15, -0.1) is 0 Å². The van der Waals surface area contributed by atoms with Crippen LogP contribution in [0.5, 0.6) is 0 Å². The van der Waals surface area contributed by atoms with Crippen LogP contribution in [-0.4, -0.2) is 45.4 Å². The lowest BCUT2D eigenvalue weighted by Gasteiger charge is -2.36. The summed E-state index contributed by atoms with van der Waals surface area (Å²) in [6, 6.07) is 20.4. The maximum absolute atomic E-state index is 14.0. The van der Waals surface area contributed by atoms with Crippen LogP contribution in [0.25, 0.3) is 0 Å². The van der Waals surface area contributed by atoms with E-state index >= 15 is 0 Å². The van der Waals surface area contributed by atoms with Crippen LogP contribution >= 0.6 is 0 Å². The molecule has 0 unspecified atom stereocenters. The number of benzene rings is 3. The van der Waals surface area contributed by atoms with E-state index in [-0.39, 0.29) is 16.6 Å². The summed E-state index contributed by atoms with van der Waals surface area (Å²) >= 11 is 0. The minimum Gasteiger partial charge on any atom is -0.366 e. The summed E-state index contributed by atoms with van der Waals surface area (Å²) < 4.78 is 41.8. The topological polar surface area (TPSA) is 69.7 Å². The molecule has 0 bridgehead atoms. The summed E-state index contributed by atoms with van der Waals surface area (Å²) in [7, 11) is -3.68. The molecule has 1 aliphatic heterocycles. The van der Waals surface area contributed by atoms with Gasteiger partial charge in [0.05, 0.1) is 10.6 Å². The average Bonchev–Trinajstić information content (AvgIpc) is 2.84. The Morgan fingerprint density at radius 1 is 0.912 bits per heavy atom. The second-order valence-electron chi connectivity index (χ2n) is 8.43. The molecular formula is C26H28FN3O3S. The van der Waals surface area contributed by atoms with Gasteiger partial charge in [0.15, 0.2) is 0 Å². The average molecular weight is 482 g/mol. The molecule has 1 N–H and O–H groups in total. The van der Waals surface area contributed by atoms with E-state index < -0.39 is 10.0 Å². The maximum Gasteiger partial charge on any atom is 0.261 e. The number of hydrogen-bond acceptors (Lipinski definition) is 4. The predicted octanol–water partition coefficient (Wildman–Crippen LogP) is 4.22. The van der Waals surface area contributed by atoms with Gasteiger partial charge in [-0.25, -0.2) is 12.8 Å². The molecule has 8 heteroatoms. The number of carbonyl (C=O) groups excluding carboxylic acids is 1. The van der Waals surface area contributed by atoms with Gasteiger partial charge in [-0.05, 0) is 55.3 Å². The number of hydrogen-bond donors (Lipinski definition) is 1. The van der Waals surface area contributed by atoms with Gasteiger partial charge in [0.2, 0.25) is 5.91 Å². The van der Waals surface area contributed by atoms with Gasteiger partial charge in [0.25, 0.3) is 10.0 Å². The molecule has 1 saturated heterocycles. The van der Waals surface area contributed by atoms with Crippen LogP contribution in [0, 0.1) is 12.7 Å². The van der Waals surface area contributed by atoms with Gasteiger partial charge in [-0.1, -0.05) is 42.0 Å². The van der Waals surface area contributed by atoms with Crippen molar-refractivity contribution in [3.63, 3.8) is 0 Å². The number of para-hydroxylation sites is 1. The second kappa shape index (κ2) is 10.3. The van der Waals surface area contributed by atoms with Gasteiger partial charge in [0, 0.05) is 38.3 Å². The predicted molar refractivity (Wildman–Crippen MR) is 132 cm³/mol. The second-order valence-corrected chi connectivity index (χ2v) is 10.1. The number of aryl methyl sites for hydroxylation is 2. The summed E-state index contributed by atoms with van der Waals surface area (Å²) in [5.41, 5.74) is 3.03. The molecule has 0 aliphatic carbocycles. The first-order valence-electron chi connectivity index (χ1n) is 11.3. The van der Waals surface area contributed by atoms with E-state index in [0.717, 1.165) is 11.1 Å². The van der Waals surface area contributed by atoms with E-state index in [1.54, 1.807) is 48.5 Å². The highest BCUT2D eigenvalue weighted by Crippen LogP contribution is 2.21. The Hall–Kier alpha value is -3.39. The molecule has 1 heterocycles. The molecule has 178 valence electrons. The van der Waals surface area contributed by atoms with Crippen molar-refractivity contribution >= 4 is 27.3 Å². The summed E-state index contributed by atoms with van der Waals surface area (Å²) in [5, 5.41) is 0. The van der Waals surface area contributed by atoms with Gasteiger partial charge in [-0.2, -0.15) is 0 Å². The molecule has 4 rings (SSSR count). The largest absolute Gasteiger partial charge is 0.366 e. The summed E-state index contributed by atoms with van der Waals surface area (Å²) in [6.07, 6.45) is 0.867. The quantitative estimate of drug-likeness (QED) is 0.549. The Balaban J connectivity index is 1.28. The molecule has 0 saturated carbocycles. The highest BCUT2D eigenvalue weighted by Gasteiger charge is 2.22. The molecule has 1 amide bonds. The van der Waals surface area contributed by atoms with Crippen LogP contribution in [0.1, 0.15) is 17.5 Å². The number of nitrogens with one attached hydrogen (secondary N) is 1. The van der Waals surface area contributed by atoms with E-state index in [0.29, 0.717) is 50.4 Å². The molecule has 0 spiro atoms. The van der Waals surface area contributed by atoms with Gasteiger partial charge in [0.1, 0.15) is 5.82 Å². The summed E-state index contributed by atoms with van der Waals surface area (Å²) in [6.45, 7) is 4.22. The SMILES string of the molecule is Cc1ccc(NS(=O)(=O)c2ccc(CCC(=O)N3CCN(c4ccccc4F)CC3)cc2)cc1. The Kier molecular flexibility index (Phi) is 7.17. The molecule has 3 aromatic rings. The highest BCUT2D eigenvalue weighted by molar-refractivity contribution is 7.92. The van der Waals surface area contributed by atoms with Crippen LogP contribution in [0.3, 0.4) is 0 Å². The molecule has 1 fully saturated rings. The first-order valence-corrected chi connectivity index (χ1v) is 12.8. The third-order valence-electron chi connectivity index (χ3n) is 5.99. The van der Waals surface area contributed by atoms with Gasteiger partial charge < -0.3 is 9.80 Å². The molecule has 6 nitrogen and oxygen atoms in total. The number of nitrogens with zero attached hydrogens (tertiary/aromatic N) is 2. The van der Waals surface area contributed by atoms with Crippen molar-refractivity contribution in [1.29, 1.82) is 0 Å². The van der Waals surface area contributed by atoms with Crippen molar-refractivity contribution in [3.8, 4) is 0 Å². The molecule has 1 aliphatic rings. The lowest BCUT2D eigenvalue weighted by Crippen LogP contribution is -2.49. The fraction of sp³-hybridized carbons (Fsp3) is 0.269. The standard InChI is InChI=1S/C26H28FN3O3S/c1-20-6-11-22(12-7-20)28-34(32,33)23-13-8-21(9-14-23)10-15-26(31)30-18-16-29(17-19-30)25-5-3-2-4-24(25)27/h2-9,11-14,28H,10,15-19H2,1H3. The number of rotatable bonds is 7. The molecule has 3 aromatic carbocycles. The number of sulfonamides is 1. The van der Waals surface area contributed by atoms with Crippen LogP contribution in [0.2, 0.25) is 0 Å². The Morgan fingerprint density at radius 2 is 1.56 bits per heavy atom. The molecule has 0 aromatic heterocycles. The van der Waals surface area contributed by atoms with E-state index in [2.05, 4.69) is 4.72 Å². The lowest BCUT2D eigenvalue weighted by atomic mass is 10.1. The van der Waals surface area contributed by atoms with Crippen molar-refractivity contribution < 1.29 is 17.6 Å². The zero-order valence-corrected chi connectivity index (χ0v) is 19.9. The number of halogens is 1. The first kappa shape index (κ1) is 23.8. The van der Waals surface area contributed by atoms with Crippen molar-refractivity contribution in [2.45, 2.75) is 24.7 Å². The zero-order chi connectivity index (χ0) is 24.1. The minimum atomic E-state index is -3.68. The van der Waals surface area contributed by atoms with E-state index in [1.807, 2.05) is 34.9 Å². The van der Waals surface area contributed by atoms with Crippen molar-refractivity contribution in [2.24, 2.45) is 0 Å². The lowest BCUT2D eigenvalue weighted by molar-refractivity contribution is -0.131. The first-order chi connectivity index (χ1) is 16.3. The van der Waals surface area contributed by atoms with Crippen LogP contribution < -0.4 is 9.62 Å². The number of piperazine rings is 1. The normalized spacial score (nSPS) is 14.2. The van der Waals surface area contributed by atoms with E-state index in [1.165, 1.54) is 6.07 Å². The smallest absolute Gasteiger partial charge is 0.261 e. The van der Waals surface area contributed by atoms with Crippen molar-refractivity contribution in [1.82, 2.24) is 4.90 Å². The fourth-order valence-corrected chi connectivity index (χ4v) is 5.04. The Labute approximate surface area is 200 Å². The van der Waals surface area contributed by atoms with Gasteiger partial charge >= 0.3 is 0 Å². The third kappa shape index (κ3) is 5.75. The molecular weight excluding hydrogens is 453 g/mol. The summed E-state index contributed by atoms with van der Waals surface area (Å²) in [4.78, 5) is 16.6. The van der Waals surface area contributed by atoms with Crippen LogP contribution in [0.15, 0.2) is 77.7 Å². The Morgan fingerprint density at radius 3 is 2.21 bits per heavy atom. The number of amides is 1. The number of carbonyl (C=O) groups is 1. The van der Waals surface area contributed by atoms with E-state index in [9.17, 15) is 17.6 Å². The Bertz CT molecular complexity index is 1240. The molecule has 0 atom stereocenters. The van der Waals surface area contributed by atoms with Crippen LogP contribution in [-0.2, 0) is 21.2 Å². The number of anilines is 2.